The van der Waals surface area contributed by atoms with Crippen LogP contribution < -0.4 is 0 Å². The van der Waals surface area contributed by atoms with Crippen molar-refractivity contribution in [2.24, 2.45) is 11.8 Å². The Morgan fingerprint density at radius 2 is 2.09 bits per heavy atom. The summed E-state index contributed by atoms with van der Waals surface area (Å²) in [7, 11) is 0. The SMILES string of the molecule is O=C(O)[C@H]1CC[C@@H](C(=O)N2CCCC2CC(O)c2cccs2)C1. The maximum Gasteiger partial charge on any atom is 0.306 e. The fourth-order valence-corrected chi connectivity index (χ4v) is 4.61. The van der Waals surface area contributed by atoms with E-state index in [9.17, 15) is 14.7 Å². The Bertz CT molecular complexity index is 559. The van der Waals surface area contributed by atoms with Crippen LogP contribution in [0, 0.1) is 11.8 Å². The minimum atomic E-state index is -0.786. The first-order chi connectivity index (χ1) is 11.1. The van der Waals surface area contributed by atoms with Crippen molar-refractivity contribution in [1.82, 2.24) is 4.90 Å². The molecule has 23 heavy (non-hydrogen) atoms. The lowest BCUT2D eigenvalue weighted by atomic mass is 10.0. The molecule has 0 spiro atoms. The summed E-state index contributed by atoms with van der Waals surface area (Å²) >= 11 is 1.53. The van der Waals surface area contributed by atoms with Gasteiger partial charge in [0.25, 0.3) is 0 Å². The zero-order valence-corrected chi connectivity index (χ0v) is 13.9. The smallest absolute Gasteiger partial charge is 0.306 e. The van der Waals surface area contributed by atoms with E-state index in [-0.39, 0.29) is 23.8 Å². The Labute approximate surface area is 139 Å². The van der Waals surface area contributed by atoms with Gasteiger partial charge in [0.05, 0.1) is 12.0 Å². The number of aliphatic hydroxyl groups excluding tert-OH is 1. The van der Waals surface area contributed by atoms with Crippen LogP contribution in [-0.2, 0) is 9.59 Å². The molecule has 2 N–H and O–H groups in total. The zero-order chi connectivity index (χ0) is 16.4. The molecule has 0 radical (unpaired) electrons. The van der Waals surface area contributed by atoms with Crippen LogP contribution in [-0.4, -0.2) is 39.6 Å². The molecular weight excluding hydrogens is 314 g/mol. The van der Waals surface area contributed by atoms with Crippen LogP contribution in [0.25, 0.3) is 0 Å². The molecule has 1 aromatic heterocycles. The number of carbonyl (C=O) groups excluding carboxylic acids is 1. The largest absolute Gasteiger partial charge is 0.481 e. The molecule has 6 heteroatoms. The van der Waals surface area contributed by atoms with E-state index in [1.807, 2.05) is 22.4 Å². The second-order valence-electron chi connectivity index (χ2n) is 6.64. The number of hydrogen-bond donors (Lipinski definition) is 2. The Hall–Kier alpha value is -1.40. The molecule has 2 aliphatic rings. The number of likely N-dealkylation sites (tertiary alicyclic amines) is 1. The van der Waals surface area contributed by atoms with E-state index >= 15 is 0 Å². The number of carbonyl (C=O) groups is 2. The van der Waals surface area contributed by atoms with Gasteiger partial charge in [-0.1, -0.05) is 6.07 Å². The topological polar surface area (TPSA) is 77.8 Å². The lowest BCUT2D eigenvalue weighted by Crippen LogP contribution is -2.39. The molecule has 4 atom stereocenters. The summed E-state index contributed by atoms with van der Waals surface area (Å²) in [5.74, 6) is -1.22. The third-order valence-electron chi connectivity index (χ3n) is 5.16. The molecule has 2 heterocycles. The summed E-state index contributed by atoms with van der Waals surface area (Å²) in [6.45, 7) is 0.731. The molecule has 1 saturated heterocycles. The highest BCUT2D eigenvalue weighted by molar-refractivity contribution is 7.10. The molecule has 0 aromatic carbocycles. The van der Waals surface area contributed by atoms with Crippen LogP contribution in [0.4, 0.5) is 0 Å². The molecule has 2 fully saturated rings. The fraction of sp³-hybridized carbons (Fsp3) is 0.647. The third-order valence-corrected chi connectivity index (χ3v) is 6.13. The summed E-state index contributed by atoms with van der Waals surface area (Å²) in [5, 5.41) is 21.4. The van der Waals surface area contributed by atoms with Crippen molar-refractivity contribution in [2.45, 2.75) is 50.7 Å². The Morgan fingerprint density at radius 1 is 1.30 bits per heavy atom. The van der Waals surface area contributed by atoms with Gasteiger partial charge in [0.1, 0.15) is 0 Å². The van der Waals surface area contributed by atoms with Crippen molar-refractivity contribution in [3.8, 4) is 0 Å². The van der Waals surface area contributed by atoms with E-state index < -0.39 is 12.1 Å². The van der Waals surface area contributed by atoms with Crippen LogP contribution in [0.2, 0.25) is 0 Å². The van der Waals surface area contributed by atoms with E-state index in [1.165, 1.54) is 11.3 Å². The number of thiophene rings is 1. The van der Waals surface area contributed by atoms with Crippen LogP contribution >= 0.6 is 11.3 Å². The number of aliphatic hydroxyl groups is 1. The van der Waals surface area contributed by atoms with E-state index in [1.54, 1.807) is 0 Å². The lowest BCUT2D eigenvalue weighted by molar-refractivity contribution is -0.141. The van der Waals surface area contributed by atoms with Gasteiger partial charge >= 0.3 is 5.97 Å². The molecule has 126 valence electrons. The van der Waals surface area contributed by atoms with Gasteiger partial charge in [-0.2, -0.15) is 0 Å². The first kappa shape index (κ1) is 16.5. The summed E-state index contributed by atoms with van der Waals surface area (Å²) in [5.41, 5.74) is 0. The molecule has 1 amide bonds. The van der Waals surface area contributed by atoms with E-state index in [0.717, 1.165) is 24.3 Å². The van der Waals surface area contributed by atoms with Gasteiger partial charge in [-0.15, -0.1) is 11.3 Å². The van der Waals surface area contributed by atoms with E-state index in [2.05, 4.69) is 0 Å². The van der Waals surface area contributed by atoms with Gasteiger partial charge in [-0.05, 0) is 50.0 Å². The van der Waals surface area contributed by atoms with Crippen LogP contribution in [0.5, 0.6) is 0 Å². The molecule has 5 nitrogen and oxygen atoms in total. The maximum absolute atomic E-state index is 12.7. The first-order valence-corrected chi connectivity index (χ1v) is 9.19. The van der Waals surface area contributed by atoms with Gasteiger partial charge in [-0.25, -0.2) is 0 Å². The predicted octanol–water partition coefficient (Wildman–Crippen LogP) is 2.66. The number of amides is 1. The highest BCUT2D eigenvalue weighted by Crippen LogP contribution is 2.36. The average Bonchev–Trinajstić information content (AvgIpc) is 3.27. The zero-order valence-electron chi connectivity index (χ0n) is 13.1. The summed E-state index contributed by atoms with van der Waals surface area (Å²) in [4.78, 5) is 26.7. The Morgan fingerprint density at radius 3 is 2.74 bits per heavy atom. The normalized spacial score (nSPS) is 28.9. The van der Waals surface area contributed by atoms with Gasteiger partial charge in [0.15, 0.2) is 0 Å². The highest BCUT2D eigenvalue weighted by Gasteiger charge is 2.39. The van der Waals surface area contributed by atoms with E-state index in [0.29, 0.717) is 25.7 Å². The Kier molecular flexibility index (Phi) is 5.02. The van der Waals surface area contributed by atoms with Gasteiger partial charge in [0.2, 0.25) is 5.91 Å². The van der Waals surface area contributed by atoms with E-state index in [4.69, 9.17) is 5.11 Å². The number of nitrogens with zero attached hydrogens (tertiary/aromatic N) is 1. The Balaban J connectivity index is 1.60. The molecule has 1 aliphatic heterocycles. The summed E-state index contributed by atoms with van der Waals surface area (Å²) < 4.78 is 0. The second-order valence-corrected chi connectivity index (χ2v) is 7.62. The summed E-state index contributed by atoms with van der Waals surface area (Å²) in [6.07, 6.45) is 3.66. The molecular formula is C17H23NO4S. The number of aliphatic carboxylic acids is 1. The standard InChI is InChI=1S/C17H23NO4S/c19-14(15-4-2-8-23-15)10-13-3-1-7-18(13)16(20)11-5-6-12(9-11)17(21)22/h2,4,8,11-14,19H,1,3,5-7,9-10H2,(H,21,22)/t11-,12+,13?,14?/m1/s1. The molecule has 0 bridgehead atoms. The molecule has 1 aliphatic carbocycles. The second kappa shape index (κ2) is 7.01. The number of hydrogen-bond acceptors (Lipinski definition) is 4. The van der Waals surface area contributed by atoms with Gasteiger partial charge < -0.3 is 15.1 Å². The maximum atomic E-state index is 12.7. The molecule has 2 unspecified atom stereocenters. The third kappa shape index (κ3) is 3.58. The molecule has 1 aromatic rings. The van der Waals surface area contributed by atoms with Crippen LogP contribution in [0.15, 0.2) is 17.5 Å². The van der Waals surface area contributed by atoms with Crippen molar-refractivity contribution < 1.29 is 19.8 Å². The monoisotopic (exact) mass is 337 g/mol. The van der Waals surface area contributed by atoms with Crippen LogP contribution in [0.3, 0.4) is 0 Å². The minimum Gasteiger partial charge on any atom is -0.481 e. The van der Waals surface area contributed by atoms with Crippen molar-refractivity contribution >= 4 is 23.2 Å². The quantitative estimate of drug-likeness (QED) is 0.866. The molecule has 1 saturated carbocycles. The summed E-state index contributed by atoms with van der Waals surface area (Å²) in [6, 6.07) is 3.92. The van der Waals surface area contributed by atoms with Gasteiger partial charge in [-0.3, -0.25) is 9.59 Å². The molecule has 3 rings (SSSR count). The first-order valence-electron chi connectivity index (χ1n) is 8.31. The van der Waals surface area contributed by atoms with Gasteiger partial charge in [0, 0.05) is 23.4 Å². The average molecular weight is 337 g/mol. The fourth-order valence-electron chi connectivity index (χ4n) is 3.89. The number of rotatable bonds is 5. The number of carboxylic acids is 1. The van der Waals surface area contributed by atoms with Crippen molar-refractivity contribution in [2.75, 3.05) is 6.54 Å². The predicted molar refractivity (Wildman–Crippen MR) is 87.1 cm³/mol. The van der Waals surface area contributed by atoms with Crippen molar-refractivity contribution in [3.05, 3.63) is 22.4 Å². The van der Waals surface area contributed by atoms with Crippen molar-refractivity contribution in [1.29, 1.82) is 0 Å². The lowest BCUT2D eigenvalue weighted by Gasteiger charge is -2.28. The van der Waals surface area contributed by atoms with Crippen LogP contribution in [0.1, 0.15) is 49.5 Å². The minimum absolute atomic E-state index is 0.0727. The number of carboxylic acid groups (broad SMARTS) is 1. The highest BCUT2D eigenvalue weighted by atomic mass is 32.1. The van der Waals surface area contributed by atoms with Crippen molar-refractivity contribution in [3.63, 3.8) is 0 Å².